The van der Waals surface area contributed by atoms with Crippen molar-refractivity contribution in [2.75, 3.05) is 18.5 Å². The molecule has 1 unspecified atom stereocenters. The van der Waals surface area contributed by atoms with Crippen LogP contribution in [0.3, 0.4) is 0 Å². The van der Waals surface area contributed by atoms with Gasteiger partial charge in [0.05, 0.1) is 0 Å². The quantitative estimate of drug-likeness (QED) is 0.685. The highest BCUT2D eigenvalue weighted by molar-refractivity contribution is 5.93. The van der Waals surface area contributed by atoms with Crippen LogP contribution in [-0.4, -0.2) is 35.2 Å². The number of nitrogens with zero attached hydrogens (tertiary/aromatic N) is 1. The second-order valence-electron chi connectivity index (χ2n) is 4.05. The van der Waals surface area contributed by atoms with Crippen LogP contribution in [0.1, 0.15) is 37.2 Å². The molecule has 0 fully saturated rings. The molecule has 1 atom stereocenters. The Bertz CT molecular complexity index is 382. The maximum atomic E-state index is 11.6. The zero-order valence-electron chi connectivity index (χ0n) is 10.9. The number of rotatable bonds is 7. The van der Waals surface area contributed by atoms with E-state index in [1.807, 2.05) is 13.0 Å². The number of aromatic nitrogens is 1. The molecule has 0 saturated carbocycles. The van der Waals surface area contributed by atoms with E-state index in [0.29, 0.717) is 18.7 Å². The summed E-state index contributed by atoms with van der Waals surface area (Å²) in [5.41, 5.74) is 1.26. The smallest absolute Gasteiger partial charge is 0.269 e. The van der Waals surface area contributed by atoms with Gasteiger partial charge >= 0.3 is 0 Å². The highest BCUT2D eigenvalue weighted by atomic mass is 16.3. The molecule has 0 aliphatic rings. The van der Waals surface area contributed by atoms with Crippen LogP contribution in [-0.2, 0) is 0 Å². The number of nitrogens with one attached hydrogen (secondary N) is 2. The van der Waals surface area contributed by atoms with Gasteiger partial charge in [-0.15, -0.1) is 0 Å². The maximum absolute atomic E-state index is 11.6. The van der Waals surface area contributed by atoms with Crippen molar-refractivity contribution in [1.29, 1.82) is 0 Å². The van der Waals surface area contributed by atoms with Gasteiger partial charge in [0.2, 0.25) is 0 Å². The van der Waals surface area contributed by atoms with Crippen LogP contribution in [0, 0.1) is 0 Å². The molecule has 1 heterocycles. The number of aliphatic hydroxyl groups excluding tert-OH is 1. The van der Waals surface area contributed by atoms with Gasteiger partial charge in [-0.2, -0.15) is 0 Å². The second-order valence-corrected chi connectivity index (χ2v) is 4.05. The summed E-state index contributed by atoms with van der Waals surface area (Å²) < 4.78 is 0. The van der Waals surface area contributed by atoms with E-state index in [0.717, 1.165) is 12.1 Å². The highest BCUT2D eigenvalue weighted by Crippen LogP contribution is 2.12. The molecule has 0 bridgehead atoms. The molecule has 18 heavy (non-hydrogen) atoms. The van der Waals surface area contributed by atoms with Crippen molar-refractivity contribution in [3.05, 3.63) is 24.0 Å². The number of pyridine rings is 1. The average Bonchev–Trinajstić information content (AvgIpc) is 2.39. The molecule has 0 aliphatic heterocycles. The molecule has 0 spiro atoms. The van der Waals surface area contributed by atoms with Gasteiger partial charge in [-0.3, -0.25) is 9.78 Å². The summed E-state index contributed by atoms with van der Waals surface area (Å²) in [7, 11) is 0. The lowest BCUT2D eigenvalue weighted by atomic mass is 10.1. The van der Waals surface area contributed by atoms with Crippen molar-refractivity contribution in [3.8, 4) is 0 Å². The Morgan fingerprint density at radius 2 is 2.28 bits per heavy atom. The number of carbonyl (C=O) groups excluding carboxylic acids is 1. The fourth-order valence-electron chi connectivity index (χ4n) is 1.67. The van der Waals surface area contributed by atoms with Gasteiger partial charge in [-0.1, -0.05) is 6.92 Å². The van der Waals surface area contributed by atoms with Gasteiger partial charge < -0.3 is 15.7 Å². The molecular formula is C13H21N3O2. The molecule has 100 valence electrons. The van der Waals surface area contributed by atoms with Crippen LogP contribution in [0.25, 0.3) is 0 Å². The van der Waals surface area contributed by atoms with Crippen LogP contribution in [0.15, 0.2) is 18.3 Å². The van der Waals surface area contributed by atoms with E-state index in [-0.39, 0.29) is 18.6 Å². The van der Waals surface area contributed by atoms with Gasteiger partial charge in [-0.25, -0.2) is 0 Å². The van der Waals surface area contributed by atoms with Gasteiger partial charge in [0.25, 0.3) is 5.91 Å². The summed E-state index contributed by atoms with van der Waals surface area (Å²) >= 11 is 0. The number of hydrogen-bond donors (Lipinski definition) is 3. The first kappa shape index (κ1) is 14.4. The van der Waals surface area contributed by atoms with E-state index in [9.17, 15) is 4.79 Å². The van der Waals surface area contributed by atoms with Gasteiger partial charge in [0.15, 0.2) is 0 Å². The SMILES string of the molecule is CCNC(=O)c1cc(NC(CC)CCO)ccn1. The molecule has 1 rings (SSSR count). The molecule has 0 aromatic carbocycles. The van der Waals surface area contributed by atoms with Crippen LogP contribution in [0.5, 0.6) is 0 Å². The number of amides is 1. The molecule has 0 aliphatic carbocycles. The van der Waals surface area contributed by atoms with Crippen LogP contribution in [0.4, 0.5) is 5.69 Å². The zero-order chi connectivity index (χ0) is 13.4. The third-order valence-electron chi connectivity index (χ3n) is 2.67. The van der Waals surface area contributed by atoms with Crippen molar-refractivity contribution < 1.29 is 9.90 Å². The van der Waals surface area contributed by atoms with Gasteiger partial charge in [-0.05, 0) is 31.9 Å². The molecule has 1 aromatic rings. The minimum Gasteiger partial charge on any atom is -0.396 e. The van der Waals surface area contributed by atoms with E-state index >= 15 is 0 Å². The Labute approximate surface area is 108 Å². The third kappa shape index (κ3) is 4.33. The fraction of sp³-hybridized carbons (Fsp3) is 0.538. The topological polar surface area (TPSA) is 74.2 Å². The Morgan fingerprint density at radius 3 is 2.89 bits per heavy atom. The van der Waals surface area contributed by atoms with E-state index in [2.05, 4.69) is 22.5 Å². The van der Waals surface area contributed by atoms with Crippen molar-refractivity contribution in [3.63, 3.8) is 0 Å². The van der Waals surface area contributed by atoms with Crippen molar-refractivity contribution in [2.24, 2.45) is 0 Å². The Hall–Kier alpha value is -1.62. The predicted molar refractivity (Wildman–Crippen MR) is 71.6 cm³/mol. The maximum Gasteiger partial charge on any atom is 0.269 e. The molecule has 3 N–H and O–H groups in total. The molecule has 1 amide bonds. The van der Waals surface area contributed by atoms with Gasteiger partial charge in [0.1, 0.15) is 5.69 Å². The lowest BCUT2D eigenvalue weighted by Gasteiger charge is -2.17. The molecular weight excluding hydrogens is 230 g/mol. The minimum atomic E-state index is -0.170. The molecule has 5 nitrogen and oxygen atoms in total. The first-order valence-electron chi connectivity index (χ1n) is 6.32. The fourth-order valence-corrected chi connectivity index (χ4v) is 1.67. The monoisotopic (exact) mass is 251 g/mol. The largest absolute Gasteiger partial charge is 0.396 e. The Kier molecular flexibility index (Phi) is 6.14. The third-order valence-corrected chi connectivity index (χ3v) is 2.67. The summed E-state index contributed by atoms with van der Waals surface area (Å²) in [5.74, 6) is -0.170. The average molecular weight is 251 g/mol. The number of anilines is 1. The summed E-state index contributed by atoms with van der Waals surface area (Å²) in [4.78, 5) is 15.7. The standard InChI is InChI=1S/C13H21N3O2/c1-3-10(6-8-17)16-11-5-7-15-12(9-11)13(18)14-4-2/h5,7,9-10,17H,3-4,6,8H2,1-2H3,(H,14,18)(H,15,16). The highest BCUT2D eigenvalue weighted by Gasteiger charge is 2.09. The lowest BCUT2D eigenvalue weighted by Crippen LogP contribution is -2.24. The lowest BCUT2D eigenvalue weighted by molar-refractivity contribution is 0.0951. The number of carbonyl (C=O) groups is 1. The van der Waals surface area contributed by atoms with Crippen LogP contribution < -0.4 is 10.6 Å². The summed E-state index contributed by atoms with van der Waals surface area (Å²) in [6.45, 7) is 4.66. The number of hydrogen-bond acceptors (Lipinski definition) is 4. The van der Waals surface area contributed by atoms with E-state index in [1.165, 1.54) is 0 Å². The molecule has 5 heteroatoms. The minimum absolute atomic E-state index is 0.153. The molecule has 0 saturated heterocycles. The zero-order valence-corrected chi connectivity index (χ0v) is 10.9. The predicted octanol–water partition coefficient (Wildman–Crippen LogP) is 1.40. The van der Waals surface area contributed by atoms with Crippen LogP contribution >= 0.6 is 0 Å². The summed E-state index contributed by atoms with van der Waals surface area (Å²) in [6.07, 6.45) is 3.22. The van der Waals surface area contributed by atoms with Gasteiger partial charge in [0, 0.05) is 31.1 Å². The molecule has 1 aromatic heterocycles. The number of aliphatic hydroxyl groups is 1. The summed E-state index contributed by atoms with van der Waals surface area (Å²) in [5, 5.41) is 14.9. The van der Waals surface area contributed by atoms with E-state index in [4.69, 9.17) is 5.11 Å². The Morgan fingerprint density at radius 1 is 1.50 bits per heavy atom. The van der Waals surface area contributed by atoms with Crippen molar-refractivity contribution in [1.82, 2.24) is 10.3 Å². The van der Waals surface area contributed by atoms with Crippen LogP contribution in [0.2, 0.25) is 0 Å². The van der Waals surface area contributed by atoms with Crippen molar-refractivity contribution >= 4 is 11.6 Å². The second kappa shape index (κ2) is 7.66. The summed E-state index contributed by atoms with van der Waals surface area (Å²) in [6, 6.07) is 3.76. The van der Waals surface area contributed by atoms with E-state index < -0.39 is 0 Å². The first-order valence-corrected chi connectivity index (χ1v) is 6.32. The Balaban J connectivity index is 2.72. The normalized spacial score (nSPS) is 11.9. The van der Waals surface area contributed by atoms with E-state index in [1.54, 1.807) is 12.3 Å². The van der Waals surface area contributed by atoms with Crippen molar-refractivity contribution in [2.45, 2.75) is 32.7 Å². The molecule has 0 radical (unpaired) electrons. The first-order chi connectivity index (χ1) is 8.71.